The van der Waals surface area contributed by atoms with E-state index in [1.54, 1.807) is 0 Å². The van der Waals surface area contributed by atoms with Crippen molar-refractivity contribution in [3.63, 3.8) is 0 Å². The van der Waals surface area contributed by atoms with E-state index >= 15 is 0 Å². The van der Waals surface area contributed by atoms with Gasteiger partial charge in [0.1, 0.15) is 5.57 Å². The van der Waals surface area contributed by atoms with Crippen LogP contribution in [-0.2, 0) is 9.59 Å². The highest BCUT2D eigenvalue weighted by Crippen LogP contribution is 2.35. The third-order valence-electron chi connectivity index (χ3n) is 5.07. The normalized spacial score (nSPS) is 18.5. The first-order valence-corrected chi connectivity index (χ1v) is 9.28. The summed E-state index contributed by atoms with van der Waals surface area (Å²) in [5.41, 5.74) is 2.81. The number of hydrazine groups is 1. The molecule has 4 nitrogen and oxygen atoms in total. The zero-order chi connectivity index (χ0) is 17.9. The van der Waals surface area contributed by atoms with Crippen LogP contribution < -0.4 is 10.0 Å². The minimum absolute atomic E-state index is 0.207. The van der Waals surface area contributed by atoms with Crippen LogP contribution in [0, 0.1) is 0 Å². The molecular weight excluding hydrogens is 324 g/mol. The van der Waals surface area contributed by atoms with Crippen molar-refractivity contribution in [1.29, 1.82) is 0 Å². The summed E-state index contributed by atoms with van der Waals surface area (Å²) in [6.45, 7) is 0. The number of para-hydroxylation sites is 2. The Balaban J connectivity index is 1.84. The molecule has 0 aromatic heterocycles. The zero-order valence-electron chi connectivity index (χ0n) is 14.7. The standard InChI is InChI=1S/C22H22N2O2/c25-21-20(17-11-5-1-2-6-12-17)22(26)24(19-15-9-4-10-16-19)23(21)18-13-7-3-8-14-18/h3-4,7-10,13-16H,1-2,5-6,11-12H2. The van der Waals surface area contributed by atoms with Crippen LogP contribution in [0.3, 0.4) is 0 Å². The molecule has 0 N–H and O–H groups in total. The van der Waals surface area contributed by atoms with Crippen LogP contribution in [0.15, 0.2) is 71.8 Å². The summed E-state index contributed by atoms with van der Waals surface area (Å²) in [4.78, 5) is 26.6. The van der Waals surface area contributed by atoms with E-state index in [9.17, 15) is 9.59 Å². The molecule has 2 aromatic carbocycles. The number of nitrogens with zero attached hydrogens (tertiary/aromatic N) is 2. The average molecular weight is 346 g/mol. The maximum Gasteiger partial charge on any atom is 0.283 e. The summed E-state index contributed by atoms with van der Waals surface area (Å²) in [5, 5.41) is 3.04. The fourth-order valence-corrected chi connectivity index (χ4v) is 3.80. The van der Waals surface area contributed by atoms with Gasteiger partial charge < -0.3 is 0 Å². The molecule has 132 valence electrons. The molecule has 1 aliphatic heterocycles. The van der Waals surface area contributed by atoms with Crippen LogP contribution >= 0.6 is 0 Å². The Hall–Kier alpha value is -2.88. The summed E-state index contributed by atoms with van der Waals surface area (Å²) in [6, 6.07) is 18.8. The maximum atomic E-state index is 13.3. The van der Waals surface area contributed by atoms with E-state index in [0.717, 1.165) is 31.3 Å². The van der Waals surface area contributed by atoms with E-state index in [-0.39, 0.29) is 11.8 Å². The van der Waals surface area contributed by atoms with Gasteiger partial charge in [-0.2, -0.15) is 0 Å². The Morgan fingerprint density at radius 2 is 1.00 bits per heavy atom. The average Bonchev–Trinajstić information content (AvgIpc) is 2.85. The van der Waals surface area contributed by atoms with E-state index in [0.29, 0.717) is 16.9 Å². The molecular formula is C22H22N2O2. The van der Waals surface area contributed by atoms with Gasteiger partial charge in [0.2, 0.25) is 0 Å². The molecule has 1 saturated heterocycles. The molecule has 1 heterocycles. The maximum absolute atomic E-state index is 13.3. The van der Waals surface area contributed by atoms with Crippen LogP contribution in [0.1, 0.15) is 38.5 Å². The summed E-state index contributed by atoms with van der Waals surface area (Å²) in [6.07, 6.45) is 6.14. The number of benzene rings is 2. The first-order valence-electron chi connectivity index (χ1n) is 9.28. The Morgan fingerprint density at radius 3 is 1.42 bits per heavy atom. The van der Waals surface area contributed by atoms with Crippen molar-refractivity contribution in [3.05, 3.63) is 71.8 Å². The van der Waals surface area contributed by atoms with Crippen LogP contribution in [0.2, 0.25) is 0 Å². The molecule has 0 spiro atoms. The molecule has 4 rings (SSSR count). The van der Waals surface area contributed by atoms with Crippen LogP contribution in [0.4, 0.5) is 11.4 Å². The first kappa shape index (κ1) is 16.6. The Kier molecular flexibility index (Phi) is 4.57. The second-order valence-electron chi connectivity index (χ2n) is 6.80. The Bertz CT molecular complexity index is 773. The highest BCUT2D eigenvalue weighted by Gasteiger charge is 2.44. The number of carbonyl (C=O) groups excluding carboxylic acids is 2. The number of rotatable bonds is 2. The van der Waals surface area contributed by atoms with Gasteiger partial charge in [-0.1, -0.05) is 54.8 Å². The highest BCUT2D eigenvalue weighted by molar-refractivity contribution is 6.36. The molecule has 1 saturated carbocycles. The van der Waals surface area contributed by atoms with E-state index in [2.05, 4.69) is 0 Å². The predicted octanol–water partition coefficient (Wildman–Crippen LogP) is 4.63. The van der Waals surface area contributed by atoms with E-state index in [1.807, 2.05) is 60.7 Å². The van der Waals surface area contributed by atoms with Crippen molar-refractivity contribution in [3.8, 4) is 0 Å². The molecule has 2 fully saturated rings. The molecule has 2 aromatic rings. The molecule has 0 atom stereocenters. The number of amides is 2. The SMILES string of the molecule is O=C1C(=C2CCCCCC2)C(=O)N(c2ccccc2)N1c1ccccc1. The molecule has 2 amide bonds. The fourth-order valence-electron chi connectivity index (χ4n) is 3.80. The lowest BCUT2D eigenvalue weighted by Crippen LogP contribution is -2.41. The van der Waals surface area contributed by atoms with Crippen molar-refractivity contribution in [2.24, 2.45) is 0 Å². The van der Waals surface area contributed by atoms with Crippen LogP contribution in [0.25, 0.3) is 0 Å². The van der Waals surface area contributed by atoms with Gasteiger partial charge in [-0.15, -0.1) is 0 Å². The number of allylic oxidation sites excluding steroid dienone is 1. The largest absolute Gasteiger partial charge is 0.283 e. The van der Waals surface area contributed by atoms with Gasteiger partial charge in [0.15, 0.2) is 0 Å². The molecule has 2 aliphatic rings. The van der Waals surface area contributed by atoms with E-state index in [4.69, 9.17) is 0 Å². The number of hydrogen-bond donors (Lipinski definition) is 0. The second kappa shape index (κ2) is 7.16. The molecule has 1 aliphatic carbocycles. The zero-order valence-corrected chi connectivity index (χ0v) is 14.7. The quantitative estimate of drug-likeness (QED) is 0.452. The molecule has 26 heavy (non-hydrogen) atoms. The van der Waals surface area contributed by atoms with Gasteiger partial charge in [-0.05, 0) is 49.9 Å². The van der Waals surface area contributed by atoms with Crippen LogP contribution in [0.5, 0.6) is 0 Å². The summed E-state index contributed by atoms with van der Waals surface area (Å²) in [7, 11) is 0. The van der Waals surface area contributed by atoms with Crippen molar-refractivity contribution in [1.82, 2.24) is 0 Å². The third-order valence-corrected chi connectivity index (χ3v) is 5.07. The lowest BCUT2D eigenvalue weighted by molar-refractivity contribution is -0.116. The molecule has 0 bridgehead atoms. The van der Waals surface area contributed by atoms with Crippen molar-refractivity contribution >= 4 is 23.2 Å². The van der Waals surface area contributed by atoms with Gasteiger partial charge >= 0.3 is 0 Å². The molecule has 4 heteroatoms. The van der Waals surface area contributed by atoms with Gasteiger partial charge in [-0.3, -0.25) is 9.59 Å². The van der Waals surface area contributed by atoms with E-state index in [1.165, 1.54) is 22.9 Å². The van der Waals surface area contributed by atoms with Gasteiger partial charge in [0, 0.05) is 0 Å². The predicted molar refractivity (Wildman–Crippen MR) is 103 cm³/mol. The summed E-state index contributed by atoms with van der Waals surface area (Å²) in [5.74, 6) is -0.413. The minimum atomic E-state index is -0.207. The second-order valence-corrected chi connectivity index (χ2v) is 6.80. The monoisotopic (exact) mass is 346 g/mol. The van der Waals surface area contributed by atoms with Gasteiger partial charge in [-0.25, -0.2) is 10.0 Å². The fraction of sp³-hybridized carbons (Fsp3) is 0.273. The first-order chi connectivity index (χ1) is 12.8. The topological polar surface area (TPSA) is 40.6 Å². The minimum Gasteiger partial charge on any atom is -0.267 e. The van der Waals surface area contributed by atoms with Gasteiger partial charge in [0.05, 0.1) is 11.4 Å². The number of carbonyl (C=O) groups is 2. The molecule has 0 unspecified atom stereocenters. The molecule has 0 radical (unpaired) electrons. The Morgan fingerprint density at radius 1 is 0.577 bits per heavy atom. The number of hydrogen-bond acceptors (Lipinski definition) is 2. The lowest BCUT2D eigenvalue weighted by atomic mass is 10.00. The smallest absolute Gasteiger partial charge is 0.267 e. The van der Waals surface area contributed by atoms with Crippen molar-refractivity contribution in [2.45, 2.75) is 38.5 Å². The lowest BCUT2D eigenvalue weighted by Gasteiger charge is -2.27. The van der Waals surface area contributed by atoms with Crippen LogP contribution in [-0.4, -0.2) is 11.8 Å². The van der Waals surface area contributed by atoms with Crippen molar-refractivity contribution < 1.29 is 9.59 Å². The highest BCUT2D eigenvalue weighted by atomic mass is 16.2. The Labute approximate surface area is 153 Å². The summed E-state index contributed by atoms with van der Waals surface area (Å²) < 4.78 is 0. The van der Waals surface area contributed by atoms with Crippen molar-refractivity contribution in [2.75, 3.05) is 10.0 Å². The van der Waals surface area contributed by atoms with E-state index < -0.39 is 0 Å². The number of anilines is 2. The van der Waals surface area contributed by atoms with Gasteiger partial charge in [0.25, 0.3) is 11.8 Å². The summed E-state index contributed by atoms with van der Waals surface area (Å²) >= 11 is 0. The third kappa shape index (κ3) is 2.92.